The smallest absolute Gasteiger partial charge is 0.0634 e. The SMILES string of the molecule is COC(C)(C)CCNC(C)c1ccsc1. The van der Waals surface area contributed by atoms with E-state index in [1.807, 2.05) is 0 Å². The number of methoxy groups -OCH3 is 1. The summed E-state index contributed by atoms with van der Waals surface area (Å²) in [7, 11) is 1.77. The molecule has 0 aliphatic carbocycles. The van der Waals surface area contributed by atoms with Gasteiger partial charge in [0.05, 0.1) is 5.60 Å². The fraction of sp³-hybridized carbons (Fsp3) is 0.667. The molecule has 1 atom stereocenters. The fourth-order valence-corrected chi connectivity index (χ4v) is 2.09. The third kappa shape index (κ3) is 4.33. The molecule has 1 rings (SSSR count). The number of rotatable bonds is 6. The van der Waals surface area contributed by atoms with Crippen molar-refractivity contribution in [1.29, 1.82) is 0 Å². The van der Waals surface area contributed by atoms with Crippen LogP contribution in [0.3, 0.4) is 0 Å². The lowest BCUT2D eigenvalue weighted by molar-refractivity contribution is 0.0154. The summed E-state index contributed by atoms with van der Waals surface area (Å²) in [6.07, 6.45) is 1.03. The van der Waals surface area contributed by atoms with E-state index in [4.69, 9.17) is 4.74 Å². The van der Waals surface area contributed by atoms with Crippen molar-refractivity contribution in [2.24, 2.45) is 0 Å². The molecule has 0 amide bonds. The molecule has 3 heteroatoms. The van der Waals surface area contributed by atoms with Crippen molar-refractivity contribution < 1.29 is 4.74 Å². The lowest BCUT2D eigenvalue weighted by Gasteiger charge is -2.24. The third-order valence-electron chi connectivity index (χ3n) is 2.77. The van der Waals surface area contributed by atoms with E-state index in [9.17, 15) is 0 Å². The van der Waals surface area contributed by atoms with Crippen LogP contribution in [0.25, 0.3) is 0 Å². The van der Waals surface area contributed by atoms with E-state index in [2.05, 4.69) is 42.9 Å². The van der Waals surface area contributed by atoms with Crippen molar-refractivity contribution >= 4 is 11.3 Å². The second kappa shape index (κ2) is 5.64. The molecule has 0 aliphatic heterocycles. The van der Waals surface area contributed by atoms with Crippen LogP contribution in [0.5, 0.6) is 0 Å². The minimum absolute atomic E-state index is 0.0264. The molecular weight excluding hydrogens is 206 g/mol. The van der Waals surface area contributed by atoms with Gasteiger partial charge in [0.15, 0.2) is 0 Å². The van der Waals surface area contributed by atoms with Gasteiger partial charge in [-0.3, -0.25) is 0 Å². The standard InChI is InChI=1S/C12H21NOS/c1-10(11-5-8-15-9-11)13-7-6-12(2,3)14-4/h5,8-10,13H,6-7H2,1-4H3. The topological polar surface area (TPSA) is 21.3 Å². The van der Waals surface area contributed by atoms with Crippen LogP contribution in [0.4, 0.5) is 0 Å². The summed E-state index contributed by atoms with van der Waals surface area (Å²) in [5.74, 6) is 0. The van der Waals surface area contributed by atoms with Gasteiger partial charge >= 0.3 is 0 Å². The Morgan fingerprint density at radius 3 is 2.80 bits per heavy atom. The van der Waals surface area contributed by atoms with Crippen molar-refractivity contribution in [3.8, 4) is 0 Å². The summed E-state index contributed by atoms with van der Waals surface area (Å²) in [5, 5.41) is 7.81. The van der Waals surface area contributed by atoms with Crippen molar-refractivity contribution in [2.75, 3.05) is 13.7 Å². The Morgan fingerprint density at radius 1 is 1.53 bits per heavy atom. The van der Waals surface area contributed by atoms with Gasteiger partial charge in [-0.1, -0.05) is 0 Å². The number of hydrogen-bond acceptors (Lipinski definition) is 3. The third-order valence-corrected chi connectivity index (χ3v) is 3.47. The molecule has 0 saturated heterocycles. The van der Waals surface area contributed by atoms with Gasteiger partial charge in [0.25, 0.3) is 0 Å². The average molecular weight is 227 g/mol. The molecule has 0 spiro atoms. The molecule has 86 valence electrons. The van der Waals surface area contributed by atoms with Crippen LogP contribution in [0.15, 0.2) is 16.8 Å². The number of nitrogens with one attached hydrogen (secondary N) is 1. The maximum Gasteiger partial charge on any atom is 0.0634 e. The van der Waals surface area contributed by atoms with Gasteiger partial charge in [0.2, 0.25) is 0 Å². The molecule has 0 aliphatic rings. The quantitative estimate of drug-likeness (QED) is 0.805. The van der Waals surface area contributed by atoms with E-state index < -0.39 is 0 Å². The number of hydrogen-bond donors (Lipinski definition) is 1. The Kier molecular flexibility index (Phi) is 4.77. The maximum atomic E-state index is 5.37. The first-order chi connectivity index (χ1) is 7.05. The molecular formula is C12H21NOS. The Hall–Kier alpha value is -0.380. The highest BCUT2D eigenvalue weighted by atomic mass is 32.1. The molecule has 0 bridgehead atoms. The van der Waals surface area contributed by atoms with Gasteiger partial charge in [-0.15, -0.1) is 0 Å². The number of thiophene rings is 1. The predicted octanol–water partition coefficient (Wildman–Crippen LogP) is 3.21. The molecule has 2 nitrogen and oxygen atoms in total. The Labute approximate surface area is 96.7 Å². The normalized spacial score (nSPS) is 14.1. The zero-order valence-electron chi connectivity index (χ0n) is 10.0. The van der Waals surface area contributed by atoms with Gasteiger partial charge in [-0.25, -0.2) is 0 Å². The molecule has 1 aromatic heterocycles. The Bertz CT molecular complexity index is 269. The first-order valence-electron chi connectivity index (χ1n) is 5.36. The highest BCUT2D eigenvalue weighted by Gasteiger charge is 2.16. The van der Waals surface area contributed by atoms with E-state index in [1.54, 1.807) is 18.4 Å². The molecule has 0 aromatic carbocycles. The van der Waals surface area contributed by atoms with Gasteiger partial charge in [0, 0.05) is 13.2 Å². The molecule has 1 N–H and O–H groups in total. The van der Waals surface area contributed by atoms with Crippen LogP contribution in [0, 0.1) is 0 Å². The summed E-state index contributed by atoms with van der Waals surface area (Å²) in [6, 6.07) is 2.60. The summed E-state index contributed by atoms with van der Waals surface area (Å²) >= 11 is 1.75. The highest BCUT2D eigenvalue weighted by Crippen LogP contribution is 2.17. The lowest BCUT2D eigenvalue weighted by atomic mass is 10.0. The first kappa shape index (κ1) is 12.7. The van der Waals surface area contributed by atoms with Crippen LogP contribution in [0.2, 0.25) is 0 Å². The van der Waals surface area contributed by atoms with E-state index >= 15 is 0 Å². The van der Waals surface area contributed by atoms with Crippen molar-refractivity contribution in [3.63, 3.8) is 0 Å². The van der Waals surface area contributed by atoms with Crippen LogP contribution >= 0.6 is 11.3 Å². The lowest BCUT2D eigenvalue weighted by Crippen LogP contribution is -2.30. The van der Waals surface area contributed by atoms with Gasteiger partial charge < -0.3 is 10.1 Å². The summed E-state index contributed by atoms with van der Waals surface area (Å²) in [6.45, 7) is 7.41. The van der Waals surface area contributed by atoms with Crippen LogP contribution in [-0.2, 0) is 4.74 Å². The fourth-order valence-electron chi connectivity index (χ4n) is 1.33. The van der Waals surface area contributed by atoms with Crippen LogP contribution in [-0.4, -0.2) is 19.3 Å². The summed E-state index contributed by atoms with van der Waals surface area (Å²) in [5.41, 5.74) is 1.34. The summed E-state index contributed by atoms with van der Waals surface area (Å²) < 4.78 is 5.37. The molecule has 0 fully saturated rings. The molecule has 0 radical (unpaired) electrons. The van der Waals surface area contributed by atoms with Crippen molar-refractivity contribution in [3.05, 3.63) is 22.4 Å². The van der Waals surface area contributed by atoms with Crippen LogP contribution < -0.4 is 5.32 Å². The minimum atomic E-state index is -0.0264. The van der Waals surface area contributed by atoms with Gasteiger partial charge in [0.1, 0.15) is 0 Å². The van der Waals surface area contributed by atoms with E-state index in [0.717, 1.165) is 13.0 Å². The van der Waals surface area contributed by atoms with Crippen molar-refractivity contribution in [1.82, 2.24) is 5.32 Å². The van der Waals surface area contributed by atoms with E-state index in [-0.39, 0.29) is 5.60 Å². The van der Waals surface area contributed by atoms with Crippen LogP contribution in [0.1, 0.15) is 38.8 Å². The maximum absolute atomic E-state index is 5.37. The first-order valence-corrected chi connectivity index (χ1v) is 6.30. The molecule has 15 heavy (non-hydrogen) atoms. The predicted molar refractivity (Wildman–Crippen MR) is 66.4 cm³/mol. The second-order valence-corrected chi connectivity index (χ2v) is 5.23. The average Bonchev–Trinajstić information content (AvgIpc) is 2.70. The largest absolute Gasteiger partial charge is 0.379 e. The zero-order chi connectivity index (χ0) is 11.3. The number of ether oxygens (including phenoxy) is 1. The second-order valence-electron chi connectivity index (χ2n) is 4.45. The Morgan fingerprint density at radius 2 is 2.27 bits per heavy atom. The summed E-state index contributed by atoms with van der Waals surface area (Å²) in [4.78, 5) is 0. The molecule has 1 heterocycles. The van der Waals surface area contributed by atoms with E-state index in [0.29, 0.717) is 6.04 Å². The minimum Gasteiger partial charge on any atom is -0.379 e. The molecule has 0 saturated carbocycles. The van der Waals surface area contributed by atoms with Gasteiger partial charge in [-0.2, -0.15) is 11.3 Å². The molecule has 1 unspecified atom stereocenters. The van der Waals surface area contributed by atoms with E-state index in [1.165, 1.54) is 5.56 Å². The zero-order valence-corrected chi connectivity index (χ0v) is 10.9. The monoisotopic (exact) mass is 227 g/mol. The Balaban J connectivity index is 2.26. The van der Waals surface area contributed by atoms with Gasteiger partial charge in [-0.05, 0) is 56.1 Å². The molecule has 1 aromatic rings. The highest BCUT2D eigenvalue weighted by molar-refractivity contribution is 7.07. The van der Waals surface area contributed by atoms with Crippen molar-refractivity contribution in [2.45, 2.75) is 38.8 Å².